The summed E-state index contributed by atoms with van der Waals surface area (Å²) in [6, 6.07) is 15.1. The van der Waals surface area contributed by atoms with Gasteiger partial charge in [0.05, 0.1) is 11.4 Å². The molecule has 86 valence electrons. The first-order valence-electron chi connectivity index (χ1n) is 5.19. The van der Waals surface area contributed by atoms with E-state index in [1.54, 1.807) is 6.07 Å². The first-order chi connectivity index (χ1) is 8.33. The Morgan fingerprint density at radius 2 is 1.82 bits per heavy atom. The molecule has 0 aromatic heterocycles. The van der Waals surface area contributed by atoms with Gasteiger partial charge in [0.1, 0.15) is 0 Å². The Morgan fingerprint density at radius 1 is 1.06 bits per heavy atom. The van der Waals surface area contributed by atoms with E-state index in [-0.39, 0.29) is 0 Å². The quantitative estimate of drug-likeness (QED) is 0.630. The third kappa shape index (κ3) is 1.99. The van der Waals surface area contributed by atoms with Gasteiger partial charge in [-0.15, -0.1) is 0 Å². The molecule has 1 atom stereocenters. The van der Waals surface area contributed by atoms with Crippen molar-refractivity contribution in [1.29, 1.82) is 0 Å². The van der Waals surface area contributed by atoms with Crippen molar-refractivity contribution in [1.82, 2.24) is 0 Å². The summed E-state index contributed by atoms with van der Waals surface area (Å²) in [6.07, 6.45) is 0. The number of para-hydroxylation sites is 4. The van der Waals surface area contributed by atoms with Gasteiger partial charge in [-0.25, -0.2) is 0 Å². The molecule has 1 heterocycles. The summed E-state index contributed by atoms with van der Waals surface area (Å²) in [5.41, 5.74) is 7.37. The molecular weight excluding hydrogens is 235 g/mol. The van der Waals surface area contributed by atoms with Gasteiger partial charge in [0.15, 0.2) is 11.5 Å². The van der Waals surface area contributed by atoms with E-state index >= 15 is 0 Å². The van der Waals surface area contributed by atoms with Gasteiger partial charge >= 0.3 is 8.53 Å². The smallest absolute Gasteiger partial charge is 0.414 e. The minimum absolute atomic E-state index is 0.608. The fourth-order valence-corrected chi connectivity index (χ4v) is 2.74. The number of rotatable bonds is 2. The summed E-state index contributed by atoms with van der Waals surface area (Å²) in [6.45, 7) is 0. The zero-order valence-corrected chi connectivity index (χ0v) is 9.85. The lowest BCUT2D eigenvalue weighted by Crippen LogP contribution is -1.98. The van der Waals surface area contributed by atoms with E-state index in [4.69, 9.17) is 14.8 Å². The Morgan fingerprint density at radius 3 is 2.65 bits per heavy atom. The van der Waals surface area contributed by atoms with Crippen LogP contribution in [0.5, 0.6) is 11.5 Å². The molecule has 0 saturated heterocycles. The van der Waals surface area contributed by atoms with Crippen molar-refractivity contribution in [3.05, 3.63) is 48.5 Å². The number of nitrogens with two attached hydrogens (primary N) is 1. The minimum Gasteiger partial charge on any atom is -0.421 e. The Kier molecular flexibility index (Phi) is 2.50. The van der Waals surface area contributed by atoms with E-state index in [0.717, 1.165) is 11.4 Å². The molecule has 3 N–H and O–H groups in total. The summed E-state index contributed by atoms with van der Waals surface area (Å²) in [7, 11) is -1.19. The number of benzene rings is 2. The highest BCUT2D eigenvalue weighted by atomic mass is 31.2. The Hall–Kier alpha value is -1.93. The molecule has 1 aliphatic rings. The summed E-state index contributed by atoms with van der Waals surface area (Å²) >= 11 is 0. The molecule has 0 aliphatic carbocycles. The van der Waals surface area contributed by atoms with E-state index in [0.29, 0.717) is 11.4 Å². The first kappa shape index (κ1) is 10.2. The van der Waals surface area contributed by atoms with Crippen LogP contribution in [0.25, 0.3) is 0 Å². The second-order valence-electron chi connectivity index (χ2n) is 3.59. The highest BCUT2D eigenvalue weighted by Crippen LogP contribution is 2.50. The lowest BCUT2D eigenvalue weighted by Gasteiger charge is -2.12. The maximum absolute atomic E-state index is 5.81. The average molecular weight is 246 g/mol. The molecule has 0 saturated carbocycles. The van der Waals surface area contributed by atoms with Crippen molar-refractivity contribution in [2.75, 3.05) is 10.8 Å². The van der Waals surface area contributed by atoms with Crippen LogP contribution in [-0.2, 0) is 0 Å². The maximum atomic E-state index is 5.81. The molecule has 0 spiro atoms. The Bertz CT molecular complexity index is 523. The Labute approximate surface area is 100 Å². The molecule has 0 amide bonds. The van der Waals surface area contributed by atoms with Crippen LogP contribution >= 0.6 is 8.53 Å². The van der Waals surface area contributed by atoms with Gasteiger partial charge in [0, 0.05) is 0 Å². The predicted octanol–water partition coefficient (Wildman–Crippen LogP) is 3.38. The van der Waals surface area contributed by atoms with E-state index in [9.17, 15) is 0 Å². The van der Waals surface area contributed by atoms with Crippen molar-refractivity contribution in [3.63, 3.8) is 0 Å². The van der Waals surface area contributed by atoms with Gasteiger partial charge in [-0.3, -0.25) is 5.09 Å². The molecule has 4 nitrogen and oxygen atoms in total. The first-order valence-corrected chi connectivity index (χ1v) is 6.37. The zero-order chi connectivity index (χ0) is 11.7. The normalized spacial score (nSPS) is 16.8. The third-order valence-electron chi connectivity index (χ3n) is 2.38. The van der Waals surface area contributed by atoms with E-state index in [1.165, 1.54) is 0 Å². The molecule has 2 aromatic carbocycles. The second kappa shape index (κ2) is 4.15. The summed E-state index contributed by atoms with van der Waals surface area (Å²) < 4.78 is 11.3. The zero-order valence-electron chi connectivity index (χ0n) is 8.96. The van der Waals surface area contributed by atoms with Gasteiger partial charge in [-0.2, -0.15) is 0 Å². The van der Waals surface area contributed by atoms with Gasteiger partial charge in [0.25, 0.3) is 0 Å². The molecule has 0 bridgehead atoms. The molecule has 1 aliphatic heterocycles. The molecule has 2 aromatic rings. The number of fused-ring (bicyclic) bond motifs is 1. The summed E-state index contributed by atoms with van der Waals surface area (Å²) in [5.74, 6) is 1.45. The topological polar surface area (TPSA) is 56.5 Å². The SMILES string of the molecule is Nc1ccccc1OP1Nc2ccccc2O1. The highest BCUT2D eigenvalue weighted by molar-refractivity contribution is 7.50. The second-order valence-corrected chi connectivity index (χ2v) is 4.69. The fourth-order valence-electron chi connectivity index (χ4n) is 1.54. The number of nitrogens with one attached hydrogen (secondary N) is 1. The number of hydrogen-bond donors (Lipinski definition) is 2. The summed E-state index contributed by atoms with van der Waals surface area (Å²) in [4.78, 5) is 0. The summed E-state index contributed by atoms with van der Waals surface area (Å²) in [5, 5.41) is 3.17. The largest absolute Gasteiger partial charge is 0.421 e. The molecule has 1 unspecified atom stereocenters. The highest BCUT2D eigenvalue weighted by Gasteiger charge is 2.25. The molecule has 3 rings (SSSR count). The fraction of sp³-hybridized carbons (Fsp3) is 0. The van der Waals surface area contributed by atoms with Crippen LogP contribution in [0.2, 0.25) is 0 Å². The van der Waals surface area contributed by atoms with Crippen LogP contribution in [0.1, 0.15) is 0 Å². The van der Waals surface area contributed by atoms with Crippen molar-refractivity contribution in [3.8, 4) is 11.5 Å². The number of hydrogen-bond acceptors (Lipinski definition) is 4. The van der Waals surface area contributed by atoms with E-state index < -0.39 is 8.53 Å². The van der Waals surface area contributed by atoms with Crippen LogP contribution in [0.15, 0.2) is 48.5 Å². The lowest BCUT2D eigenvalue weighted by molar-refractivity contribution is 0.509. The van der Waals surface area contributed by atoms with Gasteiger partial charge in [-0.05, 0) is 24.3 Å². The van der Waals surface area contributed by atoms with Crippen LogP contribution < -0.4 is 19.9 Å². The van der Waals surface area contributed by atoms with Crippen molar-refractivity contribution >= 4 is 19.9 Å². The number of nitrogen functional groups attached to an aromatic ring is 1. The molecule has 0 radical (unpaired) electrons. The maximum Gasteiger partial charge on any atom is 0.414 e. The van der Waals surface area contributed by atoms with Crippen LogP contribution in [0, 0.1) is 0 Å². The average Bonchev–Trinajstić information content (AvgIpc) is 2.74. The van der Waals surface area contributed by atoms with Gasteiger partial charge in [-0.1, -0.05) is 24.3 Å². The molecule has 17 heavy (non-hydrogen) atoms. The lowest BCUT2D eigenvalue weighted by atomic mass is 10.3. The predicted molar refractivity (Wildman–Crippen MR) is 69.1 cm³/mol. The monoisotopic (exact) mass is 246 g/mol. The van der Waals surface area contributed by atoms with E-state index in [1.807, 2.05) is 42.5 Å². The van der Waals surface area contributed by atoms with Gasteiger partial charge in [0.2, 0.25) is 0 Å². The van der Waals surface area contributed by atoms with Crippen LogP contribution in [0.3, 0.4) is 0 Å². The van der Waals surface area contributed by atoms with Crippen molar-refractivity contribution < 1.29 is 9.05 Å². The molecule has 0 fully saturated rings. The standard InChI is InChI=1S/C12H11N2O2P/c13-9-5-1-3-7-11(9)15-17-14-10-6-2-4-8-12(10)16-17/h1-8,14H,13H2. The van der Waals surface area contributed by atoms with Crippen molar-refractivity contribution in [2.45, 2.75) is 0 Å². The third-order valence-corrected chi connectivity index (χ3v) is 3.53. The van der Waals surface area contributed by atoms with Crippen LogP contribution in [-0.4, -0.2) is 0 Å². The van der Waals surface area contributed by atoms with Crippen molar-refractivity contribution in [2.24, 2.45) is 0 Å². The van der Waals surface area contributed by atoms with Gasteiger partial charge < -0.3 is 14.8 Å². The number of anilines is 2. The minimum atomic E-state index is -1.19. The molecule has 5 heteroatoms. The van der Waals surface area contributed by atoms with Crippen LogP contribution in [0.4, 0.5) is 11.4 Å². The van der Waals surface area contributed by atoms with E-state index in [2.05, 4.69) is 5.09 Å². The molecular formula is C12H11N2O2P. The Balaban J connectivity index is 1.76.